The smallest absolute Gasteiger partial charge is 0.125 e. The van der Waals surface area contributed by atoms with Crippen LogP contribution in [0.5, 0.6) is 0 Å². The van der Waals surface area contributed by atoms with Crippen LogP contribution < -0.4 is 5.32 Å². The summed E-state index contributed by atoms with van der Waals surface area (Å²) < 4.78 is 19.6. The normalized spacial score (nSPS) is 20.3. The summed E-state index contributed by atoms with van der Waals surface area (Å²) in [6.45, 7) is 0.567. The maximum absolute atomic E-state index is 13.5. The first kappa shape index (κ1) is 16.5. The second kappa shape index (κ2) is 7.94. The van der Waals surface area contributed by atoms with Crippen molar-refractivity contribution in [3.63, 3.8) is 0 Å². The Morgan fingerprint density at radius 1 is 1.12 bits per heavy atom. The fourth-order valence-corrected chi connectivity index (χ4v) is 3.17. The number of nitrogens with one attached hydrogen (secondary N) is 1. The Kier molecular flexibility index (Phi) is 5.45. The van der Waals surface area contributed by atoms with Gasteiger partial charge >= 0.3 is 0 Å². The van der Waals surface area contributed by atoms with Crippen molar-refractivity contribution in [3.05, 3.63) is 65.5 Å². The number of nitrogens with zero attached hydrogens (tertiary/aromatic N) is 1. The predicted molar refractivity (Wildman–Crippen MR) is 92.0 cm³/mol. The summed E-state index contributed by atoms with van der Waals surface area (Å²) >= 11 is 0. The molecule has 2 atom stereocenters. The molecule has 0 unspecified atom stereocenters. The lowest BCUT2D eigenvalue weighted by Gasteiger charge is -2.33. The zero-order valence-electron chi connectivity index (χ0n) is 13.5. The molecule has 4 heteroatoms. The van der Waals surface area contributed by atoms with E-state index in [4.69, 9.17) is 4.74 Å². The van der Waals surface area contributed by atoms with Gasteiger partial charge in [0, 0.05) is 0 Å². The molecule has 0 aromatic heterocycles. The molecule has 0 aliphatic heterocycles. The molecule has 24 heavy (non-hydrogen) atoms. The minimum absolute atomic E-state index is 0.0637. The van der Waals surface area contributed by atoms with Gasteiger partial charge in [-0.05, 0) is 36.6 Å². The van der Waals surface area contributed by atoms with Gasteiger partial charge in [0.05, 0.1) is 30.0 Å². The minimum Gasteiger partial charge on any atom is -0.379 e. The van der Waals surface area contributed by atoms with Crippen LogP contribution in [0.3, 0.4) is 0 Å². The highest BCUT2D eigenvalue weighted by Crippen LogP contribution is 2.27. The van der Waals surface area contributed by atoms with Crippen LogP contribution in [0.25, 0.3) is 0 Å². The van der Waals surface area contributed by atoms with Crippen molar-refractivity contribution < 1.29 is 9.13 Å². The third-order valence-electron chi connectivity index (χ3n) is 4.45. The molecule has 3 nitrogen and oxygen atoms in total. The number of hydrogen-bond donors (Lipinski definition) is 1. The molecule has 2 aromatic rings. The number of nitriles is 1. The first-order valence-electron chi connectivity index (χ1n) is 8.38. The minimum atomic E-state index is -0.339. The Labute approximate surface area is 142 Å². The molecule has 124 valence electrons. The average molecular weight is 324 g/mol. The fraction of sp³-hybridized carbons (Fsp3) is 0.350. The van der Waals surface area contributed by atoms with Crippen LogP contribution in [0.15, 0.2) is 48.5 Å². The molecule has 0 saturated heterocycles. The van der Waals surface area contributed by atoms with Gasteiger partial charge in [-0.15, -0.1) is 0 Å². The van der Waals surface area contributed by atoms with Crippen molar-refractivity contribution >= 4 is 5.69 Å². The molecule has 1 aliphatic carbocycles. The van der Waals surface area contributed by atoms with Crippen LogP contribution in [0.4, 0.5) is 10.1 Å². The summed E-state index contributed by atoms with van der Waals surface area (Å²) in [5.74, 6) is -0.339. The Balaban J connectivity index is 1.68. The van der Waals surface area contributed by atoms with Gasteiger partial charge in [0.25, 0.3) is 0 Å². The van der Waals surface area contributed by atoms with Crippen molar-refractivity contribution in [2.75, 3.05) is 5.32 Å². The van der Waals surface area contributed by atoms with E-state index in [0.29, 0.717) is 17.9 Å². The highest BCUT2D eigenvalue weighted by molar-refractivity contribution is 5.58. The third-order valence-corrected chi connectivity index (χ3v) is 4.45. The number of ether oxygens (including phenoxy) is 1. The SMILES string of the molecule is N#Cc1ccc(F)cc1N[C@H]1CCCC[C@@H]1OCc1ccccc1. The van der Waals surface area contributed by atoms with Crippen LogP contribution >= 0.6 is 0 Å². The summed E-state index contributed by atoms with van der Waals surface area (Å²) in [6, 6.07) is 16.5. The zero-order valence-corrected chi connectivity index (χ0v) is 13.5. The monoisotopic (exact) mass is 324 g/mol. The van der Waals surface area contributed by atoms with Gasteiger partial charge in [0.15, 0.2) is 0 Å². The average Bonchev–Trinajstić information content (AvgIpc) is 2.62. The lowest BCUT2D eigenvalue weighted by atomic mass is 9.92. The number of hydrogen-bond acceptors (Lipinski definition) is 3. The number of halogens is 1. The second-order valence-corrected chi connectivity index (χ2v) is 6.17. The van der Waals surface area contributed by atoms with E-state index in [-0.39, 0.29) is 18.0 Å². The third kappa shape index (κ3) is 4.12. The first-order chi connectivity index (χ1) is 11.8. The van der Waals surface area contributed by atoms with E-state index >= 15 is 0 Å². The number of anilines is 1. The van der Waals surface area contributed by atoms with E-state index in [1.807, 2.05) is 30.3 Å². The molecule has 0 radical (unpaired) electrons. The van der Waals surface area contributed by atoms with Crippen molar-refractivity contribution in [1.29, 1.82) is 5.26 Å². The second-order valence-electron chi connectivity index (χ2n) is 6.17. The Morgan fingerprint density at radius 3 is 2.71 bits per heavy atom. The van der Waals surface area contributed by atoms with Crippen LogP contribution in [-0.4, -0.2) is 12.1 Å². The van der Waals surface area contributed by atoms with Crippen LogP contribution in [-0.2, 0) is 11.3 Å². The lowest BCUT2D eigenvalue weighted by molar-refractivity contribution is 0.00883. The summed E-state index contributed by atoms with van der Waals surface area (Å²) in [4.78, 5) is 0. The molecule has 2 aromatic carbocycles. The summed E-state index contributed by atoms with van der Waals surface area (Å²) in [5, 5.41) is 12.6. The van der Waals surface area contributed by atoms with Crippen LogP contribution in [0.2, 0.25) is 0 Å². The Morgan fingerprint density at radius 2 is 1.92 bits per heavy atom. The van der Waals surface area contributed by atoms with E-state index in [0.717, 1.165) is 31.2 Å². The molecular formula is C20H21FN2O. The predicted octanol–water partition coefficient (Wildman–Crippen LogP) is 4.64. The van der Waals surface area contributed by atoms with Gasteiger partial charge in [-0.2, -0.15) is 5.26 Å². The molecule has 1 N–H and O–H groups in total. The van der Waals surface area contributed by atoms with Gasteiger partial charge in [0.1, 0.15) is 11.9 Å². The van der Waals surface area contributed by atoms with Crippen LogP contribution in [0.1, 0.15) is 36.8 Å². The molecule has 0 heterocycles. The van der Waals surface area contributed by atoms with Crippen molar-refractivity contribution in [2.24, 2.45) is 0 Å². The van der Waals surface area contributed by atoms with E-state index in [1.165, 1.54) is 18.2 Å². The maximum Gasteiger partial charge on any atom is 0.125 e. The van der Waals surface area contributed by atoms with Crippen molar-refractivity contribution in [1.82, 2.24) is 0 Å². The molecule has 1 aliphatic rings. The lowest BCUT2D eigenvalue weighted by Crippen LogP contribution is -2.38. The van der Waals surface area contributed by atoms with Crippen molar-refractivity contribution in [2.45, 2.75) is 44.4 Å². The Hall–Kier alpha value is -2.38. The highest BCUT2D eigenvalue weighted by atomic mass is 19.1. The quantitative estimate of drug-likeness (QED) is 0.871. The number of benzene rings is 2. The first-order valence-corrected chi connectivity index (χ1v) is 8.38. The van der Waals surface area contributed by atoms with E-state index < -0.39 is 0 Å². The fourth-order valence-electron chi connectivity index (χ4n) is 3.17. The molecular weight excluding hydrogens is 303 g/mol. The highest BCUT2D eigenvalue weighted by Gasteiger charge is 2.26. The summed E-state index contributed by atoms with van der Waals surface area (Å²) in [6.07, 6.45) is 4.24. The molecule has 0 bridgehead atoms. The van der Waals surface area contributed by atoms with Gasteiger partial charge in [0.2, 0.25) is 0 Å². The van der Waals surface area contributed by atoms with E-state index in [1.54, 1.807) is 0 Å². The van der Waals surface area contributed by atoms with Gasteiger partial charge < -0.3 is 10.1 Å². The molecule has 0 amide bonds. The van der Waals surface area contributed by atoms with Crippen LogP contribution in [0, 0.1) is 17.1 Å². The molecule has 1 saturated carbocycles. The molecule has 0 spiro atoms. The standard InChI is InChI=1S/C20H21FN2O/c21-17-11-10-16(13-22)19(12-17)23-18-8-4-5-9-20(18)24-14-15-6-2-1-3-7-15/h1-3,6-7,10-12,18,20,23H,4-5,8-9,14H2/t18-,20-/m0/s1. The van der Waals surface area contributed by atoms with Crippen molar-refractivity contribution in [3.8, 4) is 6.07 Å². The maximum atomic E-state index is 13.5. The van der Waals surface area contributed by atoms with E-state index in [9.17, 15) is 9.65 Å². The zero-order chi connectivity index (χ0) is 16.8. The van der Waals surface area contributed by atoms with E-state index in [2.05, 4.69) is 11.4 Å². The summed E-state index contributed by atoms with van der Waals surface area (Å²) in [5.41, 5.74) is 2.16. The molecule has 1 fully saturated rings. The van der Waals surface area contributed by atoms with Gasteiger partial charge in [-0.25, -0.2) is 4.39 Å². The largest absolute Gasteiger partial charge is 0.379 e. The topological polar surface area (TPSA) is 45.0 Å². The molecule has 3 rings (SSSR count). The van der Waals surface area contributed by atoms with Gasteiger partial charge in [-0.1, -0.05) is 43.2 Å². The summed E-state index contributed by atoms with van der Waals surface area (Å²) in [7, 11) is 0. The Bertz CT molecular complexity index is 711. The van der Waals surface area contributed by atoms with Gasteiger partial charge in [-0.3, -0.25) is 0 Å². The number of rotatable bonds is 5.